The number of hydrogen-bond acceptors (Lipinski definition) is 2. The molecule has 0 fully saturated rings. The maximum Gasteiger partial charge on any atom is 0.265 e. The maximum absolute atomic E-state index is 7.21. The topological polar surface area (TPSA) is 33.1 Å². The molecule has 70 valence electrons. The van der Waals surface area contributed by atoms with Crippen LogP contribution in [0.15, 0.2) is 12.7 Å². The first-order chi connectivity index (χ1) is 5.41. The maximum atomic E-state index is 7.21. The second kappa shape index (κ2) is 4.95. The van der Waals surface area contributed by atoms with Crippen LogP contribution < -0.4 is 0 Å². The summed E-state index contributed by atoms with van der Waals surface area (Å²) in [7, 11) is 0. The highest BCUT2D eigenvalue weighted by atomic mass is 35.6. The summed E-state index contributed by atoms with van der Waals surface area (Å²) in [6, 6.07) is 0. The second-order valence-electron chi connectivity index (χ2n) is 2.13. The van der Waals surface area contributed by atoms with Gasteiger partial charge in [-0.25, -0.2) is 0 Å². The van der Waals surface area contributed by atoms with Gasteiger partial charge in [-0.05, 0) is 6.42 Å². The summed E-state index contributed by atoms with van der Waals surface area (Å²) in [5.74, 6) is -0.376. The van der Waals surface area contributed by atoms with Gasteiger partial charge in [0.05, 0.1) is 0 Å². The fourth-order valence-electron chi connectivity index (χ4n) is 0.516. The molecular formula is C7H10Cl3NO. The number of ether oxygens (including phenoxy) is 1. The predicted octanol–water partition coefficient (Wildman–Crippen LogP) is 3.32. The molecule has 0 spiro atoms. The number of nitrogens with one attached hydrogen (secondary N) is 1. The van der Waals surface area contributed by atoms with Gasteiger partial charge in [-0.1, -0.05) is 54.4 Å². The third-order valence-electron chi connectivity index (χ3n) is 1.19. The van der Waals surface area contributed by atoms with Crippen molar-refractivity contribution in [3.05, 3.63) is 12.7 Å². The first-order valence-electron chi connectivity index (χ1n) is 3.36. The van der Waals surface area contributed by atoms with Crippen molar-refractivity contribution in [2.24, 2.45) is 0 Å². The SMILES string of the molecule is C=CC(CC)OC(=N)C(Cl)(Cl)Cl. The van der Waals surface area contributed by atoms with Crippen LogP contribution in [0.2, 0.25) is 0 Å². The third kappa shape index (κ3) is 4.19. The highest BCUT2D eigenvalue weighted by Gasteiger charge is 2.29. The van der Waals surface area contributed by atoms with Crippen LogP contribution in [0, 0.1) is 5.41 Å². The Morgan fingerprint density at radius 1 is 1.67 bits per heavy atom. The minimum absolute atomic E-state index is 0.270. The first-order valence-corrected chi connectivity index (χ1v) is 4.50. The van der Waals surface area contributed by atoms with Crippen LogP contribution in [0.3, 0.4) is 0 Å². The van der Waals surface area contributed by atoms with Crippen molar-refractivity contribution < 1.29 is 4.74 Å². The molecule has 0 saturated carbocycles. The van der Waals surface area contributed by atoms with E-state index in [0.29, 0.717) is 6.42 Å². The molecule has 0 rings (SSSR count). The van der Waals surface area contributed by atoms with Gasteiger partial charge in [0.2, 0.25) is 5.90 Å². The van der Waals surface area contributed by atoms with E-state index >= 15 is 0 Å². The lowest BCUT2D eigenvalue weighted by Gasteiger charge is -2.18. The molecule has 2 nitrogen and oxygen atoms in total. The standard InChI is InChI=1S/C7H10Cl3NO/c1-3-5(4-2)12-6(11)7(8,9)10/h3,5,11H,1,4H2,2H3. The largest absolute Gasteiger partial charge is 0.471 e. The fourth-order valence-corrected chi connectivity index (χ4v) is 0.650. The van der Waals surface area contributed by atoms with Crippen molar-refractivity contribution in [2.75, 3.05) is 0 Å². The summed E-state index contributed by atoms with van der Waals surface area (Å²) < 4.78 is 3.20. The monoisotopic (exact) mass is 229 g/mol. The summed E-state index contributed by atoms with van der Waals surface area (Å²) in [5, 5.41) is 7.21. The minimum atomic E-state index is -1.78. The van der Waals surface area contributed by atoms with Crippen LogP contribution in [-0.4, -0.2) is 15.8 Å². The molecule has 0 aromatic carbocycles. The number of halogens is 3. The molecule has 1 N–H and O–H groups in total. The lowest BCUT2D eigenvalue weighted by atomic mass is 10.3. The van der Waals surface area contributed by atoms with Crippen LogP contribution in [-0.2, 0) is 4.74 Å². The molecule has 0 aliphatic rings. The van der Waals surface area contributed by atoms with Gasteiger partial charge in [-0.15, -0.1) is 0 Å². The van der Waals surface area contributed by atoms with Crippen LogP contribution in [0.4, 0.5) is 0 Å². The molecule has 0 aliphatic carbocycles. The molecule has 12 heavy (non-hydrogen) atoms. The van der Waals surface area contributed by atoms with Crippen molar-refractivity contribution in [1.29, 1.82) is 5.41 Å². The molecular weight excluding hydrogens is 220 g/mol. The molecule has 0 aromatic rings. The zero-order valence-corrected chi connectivity index (χ0v) is 8.88. The number of hydrogen-bond donors (Lipinski definition) is 1. The average molecular weight is 231 g/mol. The molecule has 0 aliphatic heterocycles. The summed E-state index contributed by atoms with van der Waals surface area (Å²) in [6.07, 6.45) is 1.98. The van der Waals surface area contributed by atoms with E-state index in [1.165, 1.54) is 0 Å². The van der Waals surface area contributed by atoms with Gasteiger partial charge in [0.25, 0.3) is 3.79 Å². The van der Waals surface area contributed by atoms with Gasteiger partial charge in [-0.2, -0.15) is 0 Å². The Balaban J connectivity index is 4.08. The van der Waals surface area contributed by atoms with E-state index in [1.807, 2.05) is 6.92 Å². The molecule has 0 aromatic heterocycles. The molecule has 1 atom stereocenters. The molecule has 0 radical (unpaired) electrons. The Bertz CT molecular complexity index is 176. The molecule has 0 amide bonds. The van der Waals surface area contributed by atoms with Gasteiger partial charge in [0, 0.05) is 0 Å². The number of rotatable bonds is 3. The van der Waals surface area contributed by atoms with Gasteiger partial charge in [0.15, 0.2) is 0 Å². The van der Waals surface area contributed by atoms with Gasteiger partial charge in [0.1, 0.15) is 6.10 Å². The van der Waals surface area contributed by atoms with Crippen molar-refractivity contribution >= 4 is 40.7 Å². The summed E-state index contributed by atoms with van der Waals surface area (Å²) in [6.45, 7) is 5.40. The second-order valence-corrected chi connectivity index (χ2v) is 4.41. The Hall–Kier alpha value is 0.0800. The highest BCUT2D eigenvalue weighted by Crippen LogP contribution is 2.28. The van der Waals surface area contributed by atoms with E-state index in [2.05, 4.69) is 6.58 Å². The van der Waals surface area contributed by atoms with E-state index in [0.717, 1.165) is 0 Å². The van der Waals surface area contributed by atoms with Gasteiger partial charge in [-0.3, -0.25) is 5.41 Å². The van der Waals surface area contributed by atoms with Gasteiger partial charge < -0.3 is 4.74 Å². The van der Waals surface area contributed by atoms with Crippen molar-refractivity contribution in [1.82, 2.24) is 0 Å². The van der Waals surface area contributed by atoms with Crippen LogP contribution in [0.25, 0.3) is 0 Å². The molecule has 0 bridgehead atoms. The lowest BCUT2D eigenvalue weighted by Crippen LogP contribution is -2.25. The van der Waals surface area contributed by atoms with Crippen LogP contribution in [0.5, 0.6) is 0 Å². The van der Waals surface area contributed by atoms with E-state index in [9.17, 15) is 0 Å². The zero-order valence-electron chi connectivity index (χ0n) is 6.61. The van der Waals surface area contributed by atoms with Crippen LogP contribution >= 0.6 is 34.8 Å². The van der Waals surface area contributed by atoms with Crippen LogP contribution in [0.1, 0.15) is 13.3 Å². The molecule has 0 saturated heterocycles. The Kier molecular flexibility index (Phi) is 4.98. The Morgan fingerprint density at radius 2 is 2.17 bits per heavy atom. The van der Waals surface area contributed by atoms with Crippen molar-refractivity contribution in [2.45, 2.75) is 23.2 Å². The average Bonchev–Trinajstić information content (AvgIpc) is 1.97. The zero-order chi connectivity index (χ0) is 9.78. The molecule has 0 heterocycles. The van der Waals surface area contributed by atoms with E-state index < -0.39 is 3.79 Å². The van der Waals surface area contributed by atoms with E-state index in [-0.39, 0.29) is 12.0 Å². The third-order valence-corrected chi connectivity index (χ3v) is 1.71. The minimum Gasteiger partial charge on any atom is -0.471 e. The van der Waals surface area contributed by atoms with Gasteiger partial charge >= 0.3 is 0 Å². The summed E-state index contributed by atoms with van der Waals surface area (Å²) in [5.41, 5.74) is 0. The normalized spacial score (nSPS) is 13.7. The summed E-state index contributed by atoms with van der Waals surface area (Å²) >= 11 is 16.2. The van der Waals surface area contributed by atoms with E-state index in [1.54, 1.807) is 6.08 Å². The molecule has 1 unspecified atom stereocenters. The van der Waals surface area contributed by atoms with Crippen molar-refractivity contribution in [3.8, 4) is 0 Å². The smallest absolute Gasteiger partial charge is 0.265 e. The first kappa shape index (κ1) is 12.1. The Morgan fingerprint density at radius 3 is 2.42 bits per heavy atom. The quantitative estimate of drug-likeness (QED) is 0.343. The number of alkyl halides is 3. The fraction of sp³-hybridized carbons (Fsp3) is 0.571. The molecule has 5 heteroatoms. The summed E-state index contributed by atoms with van der Waals surface area (Å²) in [4.78, 5) is 0. The highest BCUT2D eigenvalue weighted by molar-refractivity contribution is 6.76. The Labute approximate surface area is 86.9 Å². The predicted molar refractivity (Wildman–Crippen MR) is 53.4 cm³/mol. The van der Waals surface area contributed by atoms with Crippen molar-refractivity contribution in [3.63, 3.8) is 0 Å². The van der Waals surface area contributed by atoms with E-state index in [4.69, 9.17) is 44.9 Å². The lowest BCUT2D eigenvalue weighted by molar-refractivity contribution is 0.225.